The van der Waals surface area contributed by atoms with Gasteiger partial charge in [-0.05, 0) is 19.1 Å². The number of H-pyrrole nitrogens is 1. The third-order valence-corrected chi connectivity index (χ3v) is 3.73. The molecule has 0 aliphatic carbocycles. The molecule has 1 aliphatic heterocycles. The van der Waals surface area contributed by atoms with Crippen molar-refractivity contribution in [2.24, 2.45) is 0 Å². The van der Waals surface area contributed by atoms with Crippen LogP contribution in [0.2, 0.25) is 0 Å². The number of aromatic nitrogens is 3. The quantitative estimate of drug-likeness (QED) is 0.879. The van der Waals surface area contributed by atoms with Crippen molar-refractivity contribution in [2.75, 3.05) is 25.1 Å². The van der Waals surface area contributed by atoms with Crippen LogP contribution in [0.15, 0.2) is 6.33 Å². The first-order valence-electron chi connectivity index (χ1n) is 5.93. The Morgan fingerprint density at radius 3 is 3.29 bits per heavy atom. The van der Waals surface area contributed by atoms with Crippen molar-refractivity contribution in [1.82, 2.24) is 20.1 Å². The molecule has 5 nitrogen and oxygen atoms in total. The molecule has 17 heavy (non-hydrogen) atoms. The van der Waals surface area contributed by atoms with E-state index in [1.54, 1.807) is 11.8 Å². The van der Waals surface area contributed by atoms with Crippen molar-refractivity contribution in [3.05, 3.63) is 12.2 Å². The second-order valence-electron chi connectivity index (χ2n) is 4.29. The Bertz CT molecular complexity index is 354. The minimum Gasteiger partial charge on any atom is -0.342 e. The summed E-state index contributed by atoms with van der Waals surface area (Å²) in [5.41, 5.74) is 0. The van der Waals surface area contributed by atoms with Crippen molar-refractivity contribution in [1.29, 1.82) is 0 Å². The summed E-state index contributed by atoms with van der Waals surface area (Å²) in [6.45, 7) is 1.67. The van der Waals surface area contributed by atoms with Gasteiger partial charge in [0.1, 0.15) is 12.2 Å². The number of nitrogens with one attached hydrogen (secondary N) is 1. The SMILES string of the molecule is CSCCC(=O)N1CCC[C@H](c2ncn[nH]2)C1. The van der Waals surface area contributed by atoms with Crippen molar-refractivity contribution >= 4 is 17.7 Å². The molecule has 1 aromatic rings. The number of amides is 1. The van der Waals surface area contributed by atoms with Crippen molar-refractivity contribution < 1.29 is 4.79 Å². The van der Waals surface area contributed by atoms with Crippen molar-refractivity contribution in [2.45, 2.75) is 25.2 Å². The summed E-state index contributed by atoms with van der Waals surface area (Å²) < 4.78 is 0. The molecule has 94 valence electrons. The summed E-state index contributed by atoms with van der Waals surface area (Å²) in [5.74, 6) is 2.41. The third kappa shape index (κ3) is 3.21. The van der Waals surface area contributed by atoms with E-state index in [2.05, 4.69) is 15.2 Å². The maximum absolute atomic E-state index is 11.9. The molecule has 1 atom stereocenters. The Morgan fingerprint density at radius 1 is 1.71 bits per heavy atom. The molecule has 6 heteroatoms. The minimum absolute atomic E-state index is 0.267. The Kier molecular flexibility index (Phi) is 4.42. The Balaban J connectivity index is 1.90. The summed E-state index contributed by atoms with van der Waals surface area (Å²) in [6, 6.07) is 0. The predicted molar refractivity (Wildman–Crippen MR) is 67.9 cm³/mol. The average molecular weight is 254 g/mol. The summed E-state index contributed by atoms with van der Waals surface area (Å²) in [7, 11) is 0. The van der Waals surface area contributed by atoms with Gasteiger partial charge in [-0.25, -0.2) is 4.98 Å². The van der Waals surface area contributed by atoms with Gasteiger partial charge >= 0.3 is 0 Å². The van der Waals surface area contributed by atoms with Crippen LogP contribution in [-0.2, 0) is 4.79 Å². The van der Waals surface area contributed by atoms with Crippen LogP contribution in [0.3, 0.4) is 0 Å². The zero-order chi connectivity index (χ0) is 12.1. The number of carbonyl (C=O) groups is 1. The number of hydrogen-bond donors (Lipinski definition) is 1. The highest BCUT2D eigenvalue weighted by atomic mass is 32.2. The summed E-state index contributed by atoms with van der Waals surface area (Å²) in [6.07, 6.45) is 6.34. The third-order valence-electron chi connectivity index (χ3n) is 3.11. The van der Waals surface area contributed by atoms with E-state index in [-0.39, 0.29) is 5.91 Å². The van der Waals surface area contributed by atoms with Crippen molar-refractivity contribution in [3.63, 3.8) is 0 Å². The molecule has 0 bridgehead atoms. The van der Waals surface area contributed by atoms with Crippen LogP contribution in [0.4, 0.5) is 0 Å². The molecular formula is C11H18N4OS. The molecule has 2 heterocycles. The second-order valence-corrected chi connectivity index (χ2v) is 5.28. The lowest BCUT2D eigenvalue weighted by molar-refractivity contribution is -0.131. The van der Waals surface area contributed by atoms with Gasteiger partial charge < -0.3 is 4.90 Å². The van der Waals surface area contributed by atoms with Crippen LogP contribution >= 0.6 is 11.8 Å². The molecule has 2 rings (SSSR count). The predicted octanol–water partition coefficient (Wildman–Crippen LogP) is 1.26. The Morgan fingerprint density at radius 2 is 2.59 bits per heavy atom. The standard InChI is InChI=1S/C11H18N4OS/c1-17-6-4-10(16)15-5-2-3-9(7-15)11-12-8-13-14-11/h8-9H,2-7H2,1H3,(H,12,13,14)/t9-/m0/s1. The van der Waals surface area contributed by atoms with Crippen LogP contribution in [0.5, 0.6) is 0 Å². The van der Waals surface area contributed by atoms with Crippen LogP contribution in [0.1, 0.15) is 31.0 Å². The lowest BCUT2D eigenvalue weighted by atomic mass is 9.97. The number of piperidine rings is 1. The molecular weight excluding hydrogens is 236 g/mol. The largest absolute Gasteiger partial charge is 0.342 e. The van der Waals surface area contributed by atoms with Gasteiger partial charge in [0, 0.05) is 31.2 Å². The lowest BCUT2D eigenvalue weighted by Crippen LogP contribution is -2.39. The summed E-state index contributed by atoms with van der Waals surface area (Å²) in [5, 5.41) is 6.78. The van der Waals surface area contributed by atoms with Crippen LogP contribution in [-0.4, -0.2) is 51.1 Å². The van der Waals surface area contributed by atoms with E-state index in [1.807, 2.05) is 11.2 Å². The highest BCUT2D eigenvalue weighted by Crippen LogP contribution is 2.24. The van der Waals surface area contributed by atoms with Gasteiger partial charge in [-0.15, -0.1) is 0 Å². The lowest BCUT2D eigenvalue weighted by Gasteiger charge is -2.31. The van der Waals surface area contributed by atoms with Crippen molar-refractivity contribution in [3.8, 4) is 0 Å². The summed E-state index contributed by atoms with van der Waals surface area (Å²) >= 11 is 1.72. The van der Waals surface area contributed by atoms with E-state index in [0.717, 1.165) is 37.5 Å². The molecule has 0 radical (unpaired) electrons. The van der Waals surface area contributed by atoms with Crippen LogP contribution in [0.25, 0.3) is 0 Å². The maximum atomic E-state index is 11.9. The topological polar surface area (TPSA) is 61.9 Å². The summed E-state index contributed by atoms with van der Waals surface area (Å²) in [4.78, 5) is 18.1. The Labute approximate surface area is 105 Å². The molecule has 0 saturated carbocycles. The Hall–Kier alpha value is -1.04. The monoisotopic (exact) mass is 254 g/mol. The molecule has 0 spiro atoms. The fourth-order valence-electron chi connectivity index (χ4n) is 2.19. The number of thioether (sulfide) groups is 1. The fraction of sp³-hybridized carbons (Fsp3) is 0.727. The normalized spacial score (nSPS) is 20.5. The number of nitrogens with zero attached hydrogens (tertiary/aromatic N) is 3. The van der Waals surface area contributed by atoms with E-state index in [0.29, 0.717) is 12.3 Å². The fourth-order valence-corrected chi connectivity index (χ4v) is 2.56. The van der Waals surface area contributed by atoms with Gasteiger partial charge in [0.15, 0.2) is 0 Å². The first kappa shape index (κ1) is 12.4. The molecule has 1 amide bonds. The minimum atomic E-state index is 0.267. The van der Waals surface area contributed by atoms with E-state index in [9.17, 15) is 4.79 Å². The number of likely N-dealkylation sites (tertiary alicyclic amines) is 1. The van der Waals surface area contributed by atoms with Crippen LogP contribution < -0.4 is 0 Å². The van der Waals surface area contributed by atoms with E-state index < -0.39 is 0 Å². The molecule has 1 aromatic heterocycles. The van der Waals surface area contributed by atoms with Crippen LogP contribution in [0, 0.1) is 0 Å². The maximum Gasteiger partial charge on any atom is 0.223 e. The molecule has 1 N–H and O–H groups in total. The first-order valence-corrected chi connectivity index (χ1v) is 7.32. The average Bonchev–Trinajstić information content (AvgIpc) is 2.90. The highest BCUT2D eigenvalue weighted by molar-refractivity contribution is 7.98. The molecule has 1 aliphatic rings. The van der Waals surface area contributed by atoms with E-state index >= 15 is 0 Å². The van der Waals surface area contributed by atoms with E-state index in [4.69, 9.17) is 0 Å². The van der Waals surface area contributed by atoms with Gasteiger partial charge in [-0.2, -0.15) is 16.9 Å². The van der Waals surface area contributed by atoms with Gasteiger partial charge in [-0.1, -0.05) is 0 Å². The highest BCUT2D eigenvalue weighted by Gasteiger charge is 2.25. The zero-order valence-electron chi connectivity index (χ0n) is 10.1. The van der Waals surface area contributed by atoms with Gasteiger partial charge in [0.25, 0.3) is 0 Å². The second kappa shape index (κ2) is 6.05. The molecule has 0 unspecified atom stereocenters. The van der Waals surface area contributed by atoms with Gasteiger partial charge in [-0.3, -0.25) is 9.89 Å². The number of aromatic amines is 1. The smallest absolute Gasteiger partial charge is 0.223 e. The first-order chi connectivity index (χ1) is 8.31. The zero-order valence-corrected chi connectivity index (χ0v) is 10.9. The number of carbonyl (C=O) groups excluding carboxylic acids is 1. The molecule has 1 fully saturated rings. The number of rotatable bonds is 4. The molecule has 0 aromatic carbocycles. The molecule has 1 saturated heterocycles. The van der Waals surface area contributed by atoms with Gasteiger partial charge in [0.05, 0.1) is 0 Å². The van der Waals surface area contributed by atoms with Gasteiger partial charge in [0.2, 0.25) is 5.91 Å². The van der Waals surface area contributed by atoms with E-state index in [1.165, 1.54) is 6.33 Å². The number of hydrogen-bond acceptors (Lipinski definition) is 4.